The van der Waals surface area contributed by atoms with Crippen LogP contribution < -0.4 is 5.73 Å². The largest absolute Gasteiger partial charge is 0.329 e. The van der Waals surface area contributed by atoms with E-state index in [2.05, 4.69) is 55.0 Å². The van der Waals surface area contributed by atoms with Gasteiger partial charge in [-0.1, -0.05) is 38.1 Å². The van der Waals surface area contributed by atoms with Gasteiger partial charge in [-0.15, -0.1) is 0 Å². The number of benzene rings is 1. The number of hydrogen-bond acceptors (Lipinski definition) is 3. The first-order chi connectivity index (χ1) is 9.72. The minimum Gasteiger partial charge on any atom is -0.329 e. The number of pyridine rings is 1. The van der Waals surface area contributed by atoms with Crippen molar-refractivity contribution in [3.8, 4) is 0 Å². The standard InChI is InChI=1S/C17H25N3/c1-4-14(5-2)20(3)16(12-18)15-10-6-8-13-9-7-11-19-17(13)15/h6-11,14,16H,4-5,12,18H2,1-3H3. The number of likely N-dealkylation sites (N-methyl/N-ethyl adjacent to an activating group) is 1. The number of para-hydroxylation sites is 1. The molecule has 2 rings (SSSR count). The van der Waals surface area contributed by atoms with Crippen LogP contribution in [-0.4, -0.2) is 29.5 Å². The van der Waals surface area contributed by atoms with E-state index >= 15 is 0 Å². The fourth-order valence-electron chi connectivity index (χ4n) is 3.03. The summed E-state index contributed by atoms with van der Waals surface area (Å²) in [6, 6.07) is 11.2. The van der Waals surface area contributed by atoms with Crippen molar-refractivity contribution < 1.29 is 0 Å². The zero-order valence-corrected chi connectivity index (χ0v) is 12.7. The van der Waals surface area contributed by atoms with Crippen molar-refractivity contribution in [2.45, 2.75) is 38.8 Å². The molecule has 0 aliphatic carbocycles. The Balaban J connectivity index is 2.44. The second-order valence-electron chi connectivity index (χ2n) is 5.31. The summed E-state index contributed by atoms with van der Waals surface area (Å²) >= 11 is 0. The third-order valence-electron chi connectivity index (χ3n) is 4.26. The molecule has 0 radical (unpaired) electrons. The third kappa shape index (κ3) is 2.84. The van der Waals surface area contributed by atoms with Crippen molar-refractivity contribution in [1.82, 2.24) is 9.88 Å². The average molecular weight is 271 g/mol. The maximum absolute atomic E-state index is 6.07. The Morgan fingerprint density at radius 3 is 2.50 bits per heavy atom. The van der Waals surface area contributed by atoms with Gasteiger partial charge in [-0.05, 0) is 31.5 Å². The SMILES string of the molecule is CCC(CC)N(C)C(CN)c1cccc2cccnc12. The molecule has 0 amide bonds. The highest BCUT2D eigenvalue weighted by atomic mass is 15.2. The maximum Gasteiger partial charge on any atom is 0.0750 e. The monoisotopic (exact) mass is 271 g/mol. The predicted octanol–water partition coefficient (Wildman–Crippen LogP) is 3.36. The van der Waals surface area contributed by atoms with E-state index in [0.717, 1.165) is 18.4 Å². The number of nitrogens with two attached hydrogens (primary N) is 1. The first kappa shape index (κ1) is 14.9. The first-order valence-electron chi connectivity index (χ1n) is 7.48. The molecule has 20 heavy (non-hydrogen) atoms. The lowest BCUT2D eigenvalue weighted by molar-refractivity contribution is 0.168. The Hall–Kier alpha value is -1.45. The lowest BCUT2D eigenvalue weighted by Crippen LogP contribution is -2.38. The Morgan fingerprint density at radius 2 is 1.85 bits per heavy atom. The smallest absolute Gasteiger partial charge is 0.0750 e. The van der Waals surface area contributed by atoms with E-state index in [4.69, 9.17) is 5.73 Å². The van der Waals surface area contributed by atoms with Gasteiger partial charge in [0.05, 0.1) is 5.52 Å². The number of fused-ring (bicyclic) bond motifs is 1. The zero-order chi connectivity index (χ0) is 14.5. The Morgan fingerprint density at radius 1 is 1.15 bits per heavy atom. The number of nitrogens with zero attached hydrogens (tertiary/aromatic N) is 2. The number of hydrogen-bond donors (Lipinski definition) is 1. The van der Waals surface area contributed by atoms with Gasteiger partial charge in [-0.25, -0.2) is 0 Å². The molecule has 0 aliphatic heterocycles. The summed E-state index contributed by atoms with van der Waals surface area (Å²) in [4.78, 5) is 6.97. The second kappa shape index (κ2) is 6.82. The van der Waals surface area contributed by atoms with Crippen molar-refractivity contribution in [2.75, 3.05) is 13.6 Å². The summed E-state index contributed by atoms with van der Waals surface area (Å²) in [5.74, 6) is 0. The van der Waals surface area contributed by atoms with E-state index in [1.54, 1.807) is 0 Å². The molecule has 0 spiro atoms. The summed E-state index contributed by atoms with van der Waals surface area (Å²) in [6.07, 6.45) is 4.14. The molecule has 108 valence electrons. The van der Waals surface area contributed by atoms with Gasteiger partial charge in [0, 0.05) is 30.2 Å². The molecule has 1 aromatic heterocycles. The molecule has 0 aliphatic rings. The molecular weight excluding hydrogens is 246 g/mol. The summed E-state index contributed by atoms with van der Waals surface area (Å²) in [5, 5.41) is 1.18. The average Bonchev–Trinajstić information content (AvgIpc) is 2.49. The maximum atomic E-state index is 6.07. The quantitative estimate of drug-likeness (QED) is 0.876. The molecule has 0 bridgehead atoms. The van der Waals surface area contributed by atoms with Gasteiger partial charge in [-0.2, -0.15) is 0 Å². The van der Waals surface area contributed by atoms with Crippen LogP contribution in [0.1, 0.15) is 38.3 Å². The van der Waals surface area contributed by atoms with Crippen LogP contribution in [0.5, 0.6) is 0 Å². The van der Waals surface area contributed by atoms with E-state index in [9.17, 15) is 0 Å². The van der Waals surface area contributed by atoms with E-state index in [-0.39, 0.29) is 6.04 Å². The van der Waals surface area contributed by atoms with Gasteiger partial charge < -0.3 is 5.73 Å². The number of aromatic nitrogens is 1. The lowest BCUT2D eigenvalue weighted by Gasteiger charge is -2.34. The molecule has 0 saturated carbocycles. The first-order valence-corrected chi connectivity index (χ1v) is 7.48. The highest BCUT2D eigenvalue weighted by molar-refractivity contribution is 5.82. The van der Waals surface area contributed by atoms with Crippen LogP contribution in [0.3, 0.4) is 0 Å². The molecule has 1 unspecified atom stereocenters. The van der Waals surface area contributed by atoms with Crippen LogP contribution >= 0.6 is 0 Å². The summed E-state index contributed by atoms with van der Waals surface area (Å²) < 4.78 is 0. The minimum absolute atomic E-state index is 0.221. The predicted molar refractivity (Wildman–Crippen MR) is 85.7 cm³/mol. The molecule has 1 heterocycles. The van der Waals surface area contributed by atoms with Crippen molar-refractivity contribution in [1.29, 1.82) is 0 Å². The van der Waals surface area contributed by atoms with E-state index in [1.807, 2.05) is 12.3 Å². The fraction of sp³-hybridized carbons (Fsp3) is 0.471. The van der Waals surface area contributed by atoms with Gasteiger partial charge in [0.15, 0.2) is 0 Å². The molecule has 0 saturated heterocycles. The van der Waals surface area contributed by atoms with Crippen LogP contribution in [0.25, 0.3) is 10.9 Å². The normalized spacial score (nSPS) is 13.3. The van der Waals surface area contributed by atoms with Crippen LogP contribution in [0, 0.1) is 0 Å². The number of rotatable bonds is 6. The Kier molecular flexibility index (Phi) is 5.10. The van der Waals surface area contributed by atoms with Crippen molar-refractivity contribution in [3.63, 3.8) is 0 Å². The van der Waals surface area contributed by atoms with Gasteiger partial charge >= 0.3 is 0 Å². The Bertz CT molecular complexity index is 543. The second-order valence-corrected chi connectivity index (χ2v) is 5.31. The van der Waals surface area contributed by atoms with Gasteiger partial charge in [0.25, 0.3) is 0 Å². The molecule has 2 N–H and O–H groups in total. The van der Waals surface area contributed by atoms with Crippen molar-refractivity contribution in [3.05, 3.63) is 42.1 Å². The summed E-state index contributed by atoms with van der Waals surface area (Å²) in [5.41, 5.74) is 8.38. The third-order valence-corrected chi connectivity index (χ3v) is 4.26. The van der Waals surface area contributed by atoms with Gasteiger partial charge in [0.2, 0.25) is 0 Å². The van der Waals surface area contributed by atoms with Crippen LogP contribution in [0.2, 0.25) is 0 Å². The van der Waals surface area contributed by atoms with Gasteiger partial charge in [-0.3, -0.25) is 9.88 Å². The molecule has 1 atom stereocenters. The van der Waals surface area contributed by atoms with E-state index in [1.165, 1.54) is 10.9 Å². The molecular formula is C17H25N3. The molecule has 3 nitrogen and oxygen atoms in total. The topological polar surface area (TPSA) is 42.1 Å². The molecule has 1 aromatic carbocycles. The Labute approximate surface area is 121 Å². The summed E-state index contributed by atoms with van der Waals surface area (Å²) in [6.45, 7) is 5.09. The molecule has 2 aromatic rings. The zero-order valence-electron chi connectivity index (χ0n) is 12.7. The molecule has 0 fully saturated rings. The summed E-state index contributed by atoms with van der Waals surface area (Å²) in [7, 11) is 2.18. The van der Waals surface area contributed by atoms with Crippen molar-refractivity contribution >= 4 is 10.9 Å². The van der Waals surface area contributed by atoms with Gasteiger partial charge in [0.1, 0.15) is 0 Å². The van der Waals surface area contributed by atoms with Crippen molar-refractivity contribution in [2.24, 2.45) is 5.73 Å². The lowest BCUT2D eigenvalue weighted by atomic mass is 9.99. The van der Waals surface area contributed by atoms with E-state index < -0.39 is 0 Å². The fourth-order valence-corrected chi connectivity index (χ4v) is 3.03. The molecule has 3 heteroatoms. The van der Waals surface area contributed by atoms with Crippen LogP contribution in [0.4, 0.5) is 0 Å². The van der Waals surface area contributed by atoms with Crippen LogP contribution in [0.15, 0.2) is 36.5 Å². The van der Waals surface area contributed by atoms with Crippen LogP contribution in [-0.2, 0) is 0 Å². The minimum atomic E-state index is 0.221. The highest BCUT2D eigenvalue weighted by Crippen LogP contribution is 2.28. The highest BCUT2D eigenvalue weighted by Gasteiger charge is 2.22. The van der Waals surface area contributed by atoms with E-state index in [0.29, 0.717) is 12.6 Å².